The van der Waals surface area contributed by atoms with Gasteiger partial charge in [-0.05, 0) is 0 Å². The van der Waals surface area contributed by atoms with Crippen LogP contribution in [0, 0.1) is 0 Å². The molecule has 4 nitrogen and oxygen atoms in total. The van der Waals surface area contributed by atoms with Gasteiger partial charge in [0, 0.05) is 39.5 Å². The molecule has 0 rings (SSSR count). The Kier molecular flexibility index (Phi) is 10.5. The number of carbonyl (C=O) groups is 1. The van der Waals surface area contributed by atoms with E-state index in [1.165, 1.54) is 6.92 Å². The predicted molar refractivity (Wildman–Crippen MR) is 28.8 cm³/mol. The largest absolute Gasteiger partial charge is 0.371 e. The van der Waals surface area contributed by atoms with Crippen LogP contribution in [-0.2, 0) is 29.1 Å². The van der Waals surface area contributed by atoms with Gasteiger partial charge >= 0.3 is 5.97 Å². The van der Waals surface area contributed by atoms with Gasteiger partial charge in [0.25, 0.3) is 0 Å². The standard InChI is InChI=1S/C4H10N2O2.Zn/c1-4(7)8-6-3-2-5;/h6H,2-3,5H2,1H3;. The minimum absolute atomic E-state index is 0. The monoisotopic (exact) mass is 182 g/mol. The summed E-state index contributed by atoms with van der Waals surface area (Å²) in [6, 6.07) is 0. The van der Waals surface area contributed by atoms with Crippen molar-refractivity contribution < 1.29 is 29.1 Å². The average Bonchev–Trinajstić information content (AvgIpc) is 1.66. The number of hydrogen-bond donors (Lipinski definition) is 2. The Balaban J connectivity index is 0. The molecule has 0 saturated heterocycles. The molecule has 0 aliphatic heterocycles. The molecule has 0 aromatic rings. The molecule has 0 radical (unpaired) electrons. The molecule has 0 saturated carbocycles. The summed E-state index contributed by atoms with van der Waals surface area (Å²) >= 11 is 0. The molecule has 0 fully saturated rings. The second-order valence-electron chi connectivity index (χ2n) is 1.28. The van der Waals surface area contributed by atoms with Crippen molar-refractivity contribution in [1.29, 1.82) is 0 Å². The smallest absolute Gasteiger partial charge is 0.321 e. The van der Waals surface area contributed by atoms with Crippen molar-refractivity contribution >= 4 is 5.97 Å². The SMILES string of the molecule is CC(=O)ONCCN.[Zn]. The molecular weight excluding hydrogens is 173 g/mol. The number of carbonyl (C=O) groups excluding carboxylic acids is 1. The van der Waals surface area contributed by atoms with Gasteiger partial charge in [0.2, 0.25) is 0 Å². The Hall–Kier alpha value is 0.0134. The molecule has 3 N–H and O–H groups in total. The fraction of sp³-hybridized carbons (Fsp3) is 0.750. The van der Waals surface area contributed by atoms with Crippen LogP contribution in [0.4, 0.5) is 0 Å². The van der Waals surface area contributed by atoms with E-state index in [0.29, 0.717) is 13.1 Å². The first kappa shape index (κ1) is 11.8. The Bertz CT molecular complexity index is 79.0. The zero-order valence-corrected chi connectivity index (χ0v) is 8.48. The first-order valence-electron chi connectivity index (χ1n) is 2.37. The minimum Gasteiger partial charge on any atom is -0.371 e. The third-order valence-corrected chi connectivity index (χ3v) is 0.462. The number of nitrogens with one attached hydrogen (secondary N) is 1. The van der Waals surface area contributed by atoms with Gasteiger partial charge in [-0.2, -0.15) is 5.48 Å². The van der Waals surface area contributed by atoms with Gasteiger partial charge in [0.05, 0.1) is 0 Å². The summed E-state index contributed by atoms with van der Waals surface area (Å²) in [6.45, 7) is 2.29. The second kappa shape index (κ2) is 8.01. The average molecular weight is 184 g/mol. The molecule has 0 amide bonds. The molecular formula is C4H10N2O2Zn. The van der Waals surface area contributed by atoms with Crippen LogP contribution >= 0.6 is 0 Å². The third kappa shape index (κ3) is 11.5. The van der Waals surface area contributed by atoms with E-state index in [-0.39, 0.29) is 25.4 Å². The van der Waals surface area contributed by atoms with Gasteiger partial charge in [-0.15, -0.1) is 0 Å². The van der Waals surface area contributed by atoms with Crippen LogP contribution in [0.25, 0.3) is 0 Å². The first-order chi connectivity index (χ1) is 3.77. The maximum atomic E-state index is 9.99. The van der Waals surface area contributed by atoms with Crippen LogP contribution in [0.2, 0.25) is 0 Å². The number of rotatable bonds is 3. The summed E-state index contributed by atoms with van der Waals surface area (Å²) in [5.74, 6) is -0.349. The molecule has 0 bridgehead atoms. The molecule has 0 aromatic carbocycles. The molecule has 5 heteroatoms. The van der Waals surface area contributed by atoms with E-state index < -0.39 is 0 Å². The summed E-state index contributed by atoms with van der Waals surface area (Å²) in [4.78, 5) is 14.3. The molecule has 0 atom stereocenters. The summed E-state index contributed by atoms with van der Waals surface area (Å²) < 4.78 is 0. The number of hydroxylamine groups is 1. The van der Waals surface area contributed by atoms with Gasteiger partial charge < -0.3 is 10.6 Å². The zero-order valence-electron chi connectivity index (χ0n) is 5.52. The van der Waals surface area contributed by atoms with Crippen LogP contribution in [0.15, 0.2) is 0 Å². The maximum absolute atomic E-state index is 9.99. The predicted octanol–water partition coefficient (Wildman–Crippen LogP) is -0.990. The number of nitrogens with two attached hydrogens (primary N) is 1. The fourth-order valence-corrected chi connectivity index (χ4v) is 0.212. The van der Waals surface area contributed by atoms with Gasteiger partial charge in [-0.25, -0.2) is 0 Å². The summed E-state index contributed by atoms with van der Waals surface area (Å²) in [6.07, 6.45) is 0. The summed E-state index contributed by atoms with van der Waals surface area (Å²) in [5, 5.41) is 0. The van der Waals surface area contributed by atoms with Crippen LogP contribution in [-0.4, -0.2) is 19.1 Å². The summed E-state index contributed by atoms with van der Waals surface area (Å²) in [5.41, 5.74) is 7.42. The minimum atomic E-state index is -0.349. The van der Waals surface area contributed by atoms with E-state index in [1.807, 2.05) is 0 Å². The number of hydrogen-bond acceptors (Lipinski definition) is 4. The van der Waals surface area contributed by atoms with Gasteiger partial charge in [0.1, 0.15) is 0 Å². The van der Waals surface area contributed by atoms with Gasteiger partial charge in [-0.1, -0.05) is 0 Å². The molecule has 0 aliphatic rings. The van der Waals surface area contributed by atoms with E-state index in [1.54, 1.807) is 0 Å². The van der Waals surface area contributed by atoms with Crippen LogP contribution < -0.4 is 11.2 Å². The van der Waals surface area contributed by atoms with Crippen LogP contribution in [0.5, 0.6) is 0 Å². The van der Waals surface area contributed by atoms with E-state index >= 15 is 0 Å². The van der Waals surface area contributed by atoms with E-state index in [2.05, 4.69) is 10.3 Å². The molecule has 0 heterocycles. The maximum Gasteiger partial charge on any atom is 0.321 e. The van der Waals surface area contributed by atoms with E-state index in [0.717, 1.165) is 0 Å². The molecule has 0 aliphatic carbocycles. The quantitative estimate of drug-likeness (QED) is 0.335. The molecule has 0 unspecified atom stereocenters. The van der Waals surface area contributed by atoms with Gasteiger partial charge in [0.15, 0.2) is 0 Å². The van der Waals surface area contributed by atoms with E-state index in [9.17, 15) is 4.79 Å². The third-order valence-electron chi connectivity index (χ3n) is 0.462. The second-order valence-corrected chi connectivity index (χ2v) is 1.28. The van der Waals surface area contributed by atoms with Crippen molar-refractivity contribution in [2.45, 2.75) is 6.92 Å². The summed E-state index contributed by atoms with van der Waals surface area (Å²) in [7, 11) is 0. The van der Waals surface area contributed by atoms with Crippen molar-refractivity contribution in [2.24, 2.45) is 5.73 Å². The molecule has 50 valence electrons. The van der Waals surface area contributed by atoms with Gasteiger partial charge in [-0.3, -0.25) is 4.79 Å². The van der Waals surface area contributed by atoms with Crippen molar-refractivity contribution in [3.8, 4) is 0 Å². The Morgan fingerprint density at radius 1 is 1.78 bits per heavy atom. The Morgan fingerprint density at radius 2 is 2.33 bits per heavy atom. The molecule has 0 aromatic heterocycles. The fourth-order valence-electron chi connectivity index (χ4n) is 0.212. The van der Waals surface area contributed by atoms with E-state index in [4.69, 9.17) is 5.73 Å². The van der Waals surface area contributed by atoms with Crippen molar-refractivity contribution in [3.63, 3.8) is 0 Å². The normalized spacial score (nSPS) is 7.78. The van der Waals surface area contributed by atoms with Crippen molar-refractivity contribution in [3.05, 3.63) is 0 Å². The van der Waals surface area contributed by atoms with Crippen LogP contribution in [0.3, 0.4) is 0 Å². The van der Waals surface area contributed by atoms with Crippen LogP contribution in [0.1, 0.15) is 6.92 Å². The Morgan fingerprint density at radius 3 is 2.67 bits per heavy atom. The van der Waals surface area contributed by atoms with Crippen molar-refractivity contribution in [2.75, 3.05) is 13.1 Å². The topological polar surface area (TPSA) is 64.3 Å². The molecule has 9 heavy (non-hydrogen) atoms. The first-order valence-corrected chi connectivity index (χ1v) is 2.37. The van der Waals surface area contributed by atoms with Crippen molar-refractivity contribution in [1.82, 2.24) is 5.48 Å². The molecule has 0 spiro atoms. The Labute approximate surface area is 66.8 Å². The zero-order chi connectivity index (χ0) is 6.41.